The van der Waals surface area contributed by atoms with Crippen LogP contribution in [0.1, 0.15) is 23.1 Å². The van der Waals surface area contributed by atoms with Crippen molar-refractivity contribution in [1.82, 2.24) is 0 Å². The fourth-order valence-corrected chi connectivity index (χ4v) is 4.60. The van der Waals surface area contributed by atoms with E-state index in [0.717, 1.165) is 29.7 Å². The number of para-hydroxylation sites is 1. The highest BCUT2D eigenvalue weighted by Gasteiger charge is 2.44. The summed E-state index contributed by atoms with van der Waals surface area (Å²) in [6.07, 6.45) is 1.76. The van der Waals surface area contributed by atoms with Crippen LogP contribution in [-0.2, 0) is 16.0 Å². The zero-order valence-electron chi connectivity index (χ0n) is 18.5. The molecule has 5 rings (SSSR count). The molecule has 0 aromatic heterocycles. The van der Waals surface area contributed by atoms with Gasteiger partial charge < -0.3 is 9.64 Å². The number of carbonyl (C=O) groups is 2. The Labute approximate surface area is 191 Å². The van der Waals surface area contributed by atoms with Gasteiger partial charge in [-0.2, -0.15) is 0 Å². The fraction of sp³-hybridized carbons (Fsp3) is 0.185. The predicted molar refractivity (Wildman–Crippen MR) is 126 cm³/mol. The molecule has 33 heavy (non-hydrogen) atoms. The van der Waals surface area contributed by atoms with Crippen molar-refractivity contribution in [2.75, 3.05) is 23.5 Å². The van der Waals surface area contributed by atoms with Crippen molar-refractivity contribution in [3.8, 4) is 5.75 Å². The average molecular weight is 442 g/mol. The van der Waals surface area contributed by atoms with E-state index in [9.17, 15) is 14.0 Å². The van der Waals surface area contributed by atoms with Gasteiger partial charge in [0.25, 0.3) is 11.8 Å². The predicted octanol–water partition coefficient (Wildman–Crippen LogP) is 4.88. The summed E-state index contributed by atoms with van der Waals surface area (Å²) in [5.41, 5.74) is 4.41. The highest BCUT2D eigenvalue weighted by atomic mass is 19.1. The van der Waals surface area contributed by atoms with Crippen LogP contribution in [0.3, 0.4) is 0 Å². The van der Waals surface area contributed by atoms with Crippen molar-refractivity contribution in [1.29, 1.82) is 0 Å². The molecule has 0 N–H and O–H groups in total. The monoisotopic (exact) mass is 442 g/mol. The number of aryl methyl sites for hydroxylation is 2. The van der Waals surface area contributed by atoms with Gasteiger partial charge in [-0.1, -0.05) is 36.4 Å². The van der Waals surface area contributed by atoms with E-state index in [2.05, 4.69) is 0 Å². The van der Waals surface area contributed by atoms with E-state index in [4.69, 9.17) is 4.74 Å². The summed E-state index contributed by atoms with van der Waals surface area (Å²) in [5, 5.41) is 0. The Bertz CT molecular complexity index is 1300. The van der Waals surface area contributed by atoms with Crippen LogP contribution < -0.4 is 14.5 Å². The molecule has 0 saturated heterocycles. The van der Waals surface area contributed by atoms with E-state index in [0.29, 0.717) is 29.2 Å². The van der Waals surface area contributed by atoms with Gasteiger partial charge in [-0.3, -0.25) is 9.59 Å². The minimum absolute atomic E-state index is 0.264. The molecule has 2 aliphatic heterocycles. The first-order valence-electron chi connectivity index (χ1n) is 10.9. The van der Waals surface area contributed by atoms with Crippen molar-refractivity contribution in [2.45, 2.75) is 19.8 Å². The third-order valence-corrected chi connectivity index (χ3v) is 6.15. The number of amides is 2. The maximum atomic E-state index is 13.9. The molecule has 0 saturated carbocycles. The fourth-order valence-electron chi connectivity index (χ4n) is 4.60. The largest absolute Gasteiger partial charge is 0.495 e. The van der Waals surface area contributed by atoms with Crippen molar-refractivity contribution in [3.63, 3.8) is 0 Å². The number of hydrogen-bond donors (Lipinski definition) is 0. The second kappa shape index (κ2) is 8.20. The lowest BCUT2D eigenvalue weighted by molar-refractivity contribution is -0.120. The van der Waals surface area contributed by atoms with Gasteiger partial charge in [-0.15, -0.1) is 0 Å². The van der Waals surface area contributed by atoms with Crippen LogP contribution in [0.15, 0.2) is 72.4 Å². The molecular weight excluding hydrogens is 419 g/mol. The summed E-state index contributed by atoms with van der Waals surface area (Å²) in [4.78, 5) is 30.9. The Kier molecular flexibility index (Phi) is 5.21. The number of benzene rings is 3. The number of halogens is 1. The Morgan fingerprint density at radius 3 is 2.42 bits per heavy atom. The van der Waals surface area contributed by atoms with Gasteiger partial charge in [0, 0.05) is 12.2 Å². The highest BCUT2D eigenvalue weighted by Crippen LogP contribution is 2.41. The molecule has 6 heteroatoms. The lowest BCUT2D eigenvalue weighted by Gasteiger charge is -2.32. The minimum atomic E-state index is -0.450. The number of hydrogen-bond acceptors (Lipinski definition) is 4. The molecule has 0 atom stereocenters. The third-order valence-electron chi connectivity index (χ3n) is 6.15. The number of fused-ring (bicyclic) bond motifs is 1. The van der Waals surface area contributed by atoms with Crippen LogP contribution in [0.25, 0.3) is 5.57 Å². The summed E-state index contributed by atoms with van der Waals surface area (Å²) in [6, 6.07) is 19.0. The zero-order chi connectivity index (χ0) is 23.1. The summed E-state index contributed by atoms with van der Waals surface area (Å²) in [6.45, 7) is 2.50. The maximum Gasteiger partial charge on any atom is 0.282 e. The lowest BCUT2D eigenvalue weighted by Crippen LogP contribution is -2.37. The average Bonchev–Trinajstić information content (AvgIpc) is 3.08. The Morgan fingerprint density at radius 2 is 1.67 bits per heavy atom. The molecule has 3 aromatic rings. The van der Waals surface area contributed by atoms with E-state index in [-0.39, 0.29) is 5.57 Å². The second-order valence-corrected chi connectivity index (χ2v) is 8.24. The van der Waals surface area contributed by atoms with Gasteiger partial charge in [-0.25, -0.2) is 9.29 Å². The van der Waals surface area contributed by atoms with E-state index in [1.54, 1.807) is 24.3 Å². The first kappa shape index (κ1) is 20.9. The molecular formula is C27H23FN2O3. The molecule has 0 radical (unpaired) electrons. The van der Waals surface area contributed by atoms with E-state index in [1.165, 1.54) is 24.1 Å². The number of rotatable bonds is 4. The van der Waals surface area contributed by atoms with Crippen LogP contribution in [-0.4, -0.2) is 25.5 Å². The molecule has 166 valence electrons. The summed E-state index contributed by atoms with van der Waals surface area (Å²) >= 11 is 0. The van der Waals surface area contributed by atoms with Gasteiger partial charge in [0.1, 0.15) is 17.3 Å². The standard InChI is InChI=1S/C27H23FN2O3/c1-17-9-14-23(33-2)22(16-17)30-26(31)24(19-10-12-20(28)13-11-19)25(27(30)32)29-15-5-7-18-6-3-4-8-21(18)29/h3-4,6,8-14,16H,5,7,15H2,1-2H3. The molecule has 0 aliphatic carbocycles. The van der Waals surface area contributed by atoms with Crippen molar-refractivity contribution in [3.05, 3.63) is 94.9 Å². The van der Waals surface area contributed by atoms with E-state index in [1.807, 2.05) is 42.2 Å². The Balaban J connectivity index is 1.72. The normalized spacial score (nSPS) is 15.8. The third kappa shape index (κ3) is 3.48. The van der Waals surface area contributed by atoms with Crippen LogP contribution >= 0.6 is 0 Å². The molecule has 5 nitrogen and oxygen atoms in total. The first-order chi connectivity index (χ1) is 16.0. The zero-order valence-corrected chi connectivity index (χ0v) is 18.5. The number of ether oxygens (including phenoxy) is 1. The number of anilines is 2. The van der Waals surface area contributed by atoms with Crippen LogP contribution in [0, 0.1) is 12.7 Å². The van der Waals surface area contributed by atoms with Crippen LogP contribution in [0.5, 0.6) is 5.75 Å². The van der Waals surface area contributed by atoms with Gasteiger partial charge in [0.05, 0.1) is 18.4 Å². The van der Waals surface area contributed by atoms with Gasteiger partial charge >= 0.3 is 0 Å². The molecule has 0 bridgehead atoms. The summed E-state index contributed by atoms with van der Waals surface area (Å²) in [5.74, 6) is -0.840. The number of methoxy groups -OCH3 is 1. The number of nitrogens with zero attached hydrogens (tertiary/aromatic N) is 2. The molecule has 0 fully saturated rings. The van der Waals surface area contributed by atoms with Gasteiger partial charge in [0.15, 0.2) is 0 Å². The van der Waals surface area contributed by atoms with E-state index >= 15 is 0 Å². The topological polar surface area (TPSA) is 49.9 Å². The van der Waals surface area contributed by atoms with E-state index < -0.39 is 17.6 Å². The number of imide groups is 1. The second-order valence-electron chi connectivity index (χ2n) is 8.24. The van der Waals surface area contributed by atoms with Crippen LogP contribution in [0.4, 0.5) is 15.8 Å². The van der Waals surface area contributed by atoms with Gasteiger partial charge in [0.2, 0.25) is 0 Å². The van der Waals surface area contributed by atoms with Crippen LogP contribution in [0.2, 0.25) is 0 Å². The highest BCUT2D eigenvalue weighted by molar-refractivity contribution is 6.46. The molecule has 2 aliphatic rings. The van der Waals surface area contributed by atoms with Crippen molar-refractivity contribution in [2.24, 2.45) is 0 Å². The lowest BCUT2D eigenvalue weighted by atomic mass is 9.98. The summed E-state index contributed by atoms with van der Waals surface area (Å²) in [7, 11) is 1.51. The Hall–Kier alpha value is -3.93. The maximum absolute atomic E-state index is 13.9. The molecule has 0 spiro atoms. The first-order valence-corrected chi connectivity index (χ1v) is 10.9. The van der Waals surface area contributed by atoms with Crippen molar-refractivity contribution >= 4 is 28.8 Å². The van der Waals surface area contributed by atoms with Crippen molar-refractivity contribution < 1.29 is 18.7 Å². The van der Waals surface area contributed by atoms with Gasteiger partial charge in [-0.05, 0) is 66.8 Å². The Morgan fingerprint density at radius 1 is 0.909 bits per heavy atom. The molecule has 2 heterocycles. The smallest absolute Gasteiger partial charge is 0.282 e. The SMILES string of the molecule is COc1ccc(C)cc1N1C(=O)C(c2ccc(F)cc2)=C(N2CCCc3ccccc32)C1=O. The number of carbonyl (C=O) groups excluding carboxylic acids is 2. The molecule has 2 amide bonds. The summed E-state index contributed by atoms with van der Waals surface area (Å²) < 4.78 is 19.2. The quantitative estimate of drug-likeness (QED) is 0.541. The minimum Gasteiger partial charge on any atom is -0.495 e. The molecule has 3 aromatic carbocycles. The molecule has 0 unspecified atom stereocenters.